The second kappa shape index (κ2) is 12.9. The van der Waals surface area contributed by atoms with Crippen molar-refractivity contribution in [1.29, 1.82) is 0 Å². The number of rotatable bonds is 6. The van der Waals surface area contributed by atoms with Crippen molar-refractivity contribution in [3.05, 3.63) is 188 Å². The molecule has 0 bridgehead atoms. The van der Waals surface area contributed by atoms with E-state index in [0.717, 1.165) is 77.2 Å². The summed E-state index contributed by atoms with van der Waals surface area (Å²) in [5.74, 6) is 1.92. The molecular formula is C49H31N3O. The Kier molecular flexibility index (Phi) is 7.43. The summed E-state index contributed by atoms with van der Waals surface area (Å²) in [5.41, 5.74) is 11.4. The molecule has 0 spiro atoms. The Labute approximate surface area is 306 Å². The zero-order chi connectivity index (χ0) is 35.1. The standard InChI is InChI=1S/C49H31N3O/c1-4-14-32(15-5-1)37-26-27-40-42(31-44-41-24-10-11-25-45(41)53-46(44)43(40)30-37)38-22-12-20-35(28-38)36-21-13-23-39(29-36)49-51-47(33-16-6-2-7-17-33)50-48(52-49)34-18-8-3-9-19-34/h1-31H. The lowest BCUT2D eigenvalue weighted by Gasteiger charge is -2.13. The van der Waals surface area contributed by atoms with Crippen LogP contribution in [0.25, 0.3) is 100 Å². The zero-order valence-electron chi connectivity index (χ0n) is 28.6. The Hall–Kier alpha value is -7.17. The Morgan fingerprint density at radius 1 is 0.283 bits per heavy atom. The van der Waals surface area contributed by atoms with Gasteiger partial charge in [0.05, 0.1) is 0 Å². The lowest BCUT2D eigenvalue weighted by atomic mass is 9.91. The minimum atomic E-state index is 0.633. The molecule has 4 nitrogen and oxygen atoms in total. The van der Waals surface area contributed by atoms with Gasteiger partial charge in [-0.25, -0.2) is 15.0 Å². The summed E-state index contributed by atoms with van der Waals surface area (Å²) in [6.07, 6.45) is 0. The SMILES string of the molecule is c1ccc(-c2ccc3c(-c4cccc(-c5cccc(-c6nc(-c7ccccc7)nc(-c7ccccc7)n6)c5)c4)cc4c5ccccc5oc4c3c2)cc1. The van der Waals surface area contributed by atoms with Gasteiger partial charge in [0, 0.05) is 32.8 Å². The second-order valence-corrected chi connectivity index (χ2v) is 13.2. The van der Waals surface area contributed by atoms with Crippen molar-refractivity contribution in [2.45, 2.75) is 0 Å². The molecular weight excluding hydrogens is 647 g/mol. The lowest BCUT2D eigenvalue weighted by Crippen LogP contribution is -2.00. The normalized spacial score (nSPS) is 11.4. The quantitative estimate of drug-likeness (QED) is 0.176. The van der Waals surface area contributed by atoms with Crippen LogP contribution < -0.4 is 0 Å². The highest BCUT2D eigenvalue weighted by Crippen LogP contribution is 2.42. The molecule has 0 radical (unpaired) electrons. The van der Waals surface area contributed by atoms with Crippen LogP contribution in [0.5, 0.6) is 0 Å². The Morgan fingerprint density at radius 2 is 0.755 bits per heavy atom. The number of nitrogens with zero attached hydrogens (tertiary/aromatic N) is 3. The number of furan rings is 1. The van der Waals surface area contributed by atoms with Crippen LogP contribution in [-0.4, -0.2) is 15.0 Å². The fraction of sp³-hybridized carbons (Fsp3) is 0. The zero-order valence-corrected chi connectivity index (χ0v) is 28.6. The van der Waals surface area contributed by atoms with E-state index in [2.05, 4.69) is 115 Å². The molecule has 0 saturated carbocycles. The first-order valence-corrected chi connectivity index (χ1v) is 17.8. The van der Waals surface area contributed by atoms with Gasteiger partial charge in [0.25, 0.3) is 0 Å². The number of aromatic nitrogens is 3. The van der Waals surface area contributed by atoms with Gasteiger partial charge in [-0.15, -0.1) is 0 Å². The molecule has 0 atom stereocenters. The van der Waals surface area contributed by atoms with Gasteiger partial charge >= 0.3 is 0 Å². The molecule has 0 aliphatic rings. The molecule has 2 heterocycles. The maximum Gasteiger partial charge on any atom is 0.164 e. The van der Waals surface area contributed by atoms with Gasteiger partial charge in [-0.2, -0.15) is 0 Å². The molecule has 248 valence electrons. The van der Waals surface area contributed by atoms with Crippen LogP contribution in [0.15, 0.2) is 192 Å². The maximum absolute atomic E-state index is 6.55. The summed E-state index contributed by atoms with van der Waals surface area (Å²) >= 11 is 0. The molecule has 4 heteroatoms. The minimum absolute atomic E-state index is 0.633. The minimum Gasteiger partial charge on any atom is -0.455 e. The van der Waals surface area contributed by atoms with E-state index in [1.54, 1.807) is 0 Å². The average molecular weight is 678 g/mol. The molecule has 53 heavy (non-hydrogen) atoms. The van der Waals surface area contributed by atoms with Crippen molar-refractivity contribution in [2.24, 2.45) is 0 Å². The van der Waals surface area contributed by atoms with Crippen molar-refractivity contribution in [3.8, 4) is 67.5 Å². The van der Waals surface area contributed by atoms with Crippen LogP contribution in [0.3, 0.4) is 0 Å². The van der Waals surface area contributed by atoms with E-state index in [0.29, 0.717) is 17.5 Å². The van der Waals surface area contributed by atoms with Crippen LogP contribution >= 0.6 is 0 Å². The van der Waals surface area contributed by atoms with Crippen molar-refractivity contribution in [2.75, 3.05) is 0 Å². The van der Waals surface area contributed by atoms with E-state index in [9.17, 15) is 0 Å². The number of hydrogen-bond acceptors (Lipinski definition) is 4. The highest BCUT2D eigenvalue weighted by molar-refractivity contribution is 6.19. The average Bonchev–Trinajstić information content (AvgIpc) is 3.63. The van der Waals surface area contributed by atoms with E-state index in [-0.39, 0.29) is 0 Å². The molecule has 0 N–H and O–H groups in total. The van der Waals surface area contributed by atoms with Gasteiger partial charge in [-0.05, 0) is 69.1 Å². The third kappa shape index (κ3) is 5.63. The molecule has 0 amide bonds. The smallest absolute Gasteiger partial charge is 0.164 e. The molecule has 0 fully saturated rings. The first-order chi connectivity index (χ1) is 26.2. The monoisotopic (exact) mass is 677 g/mol. The van der Waals surface area contributed by atoms with E-state index >= 15 is 0 Å². The van der Waals surface area contributed by atoms with Crippen LogP contribution in [0, 0.1) is 0 Å². The van der Waals surface area contributed by atoms with E-state index in [1.807, 2.05) is 72.8 Å². The van der Waals surface area contributed by atoms with E-state index in [1.165, 1.54) is 5.56 Å². The number of fused-ring (bicyclic) bond motifs is 5. The molecule has 8 aromatic carbocycles. The number of benzene rings is 8. The molecule has 0 aliphatic carbocycles. The molecule has 0 aliphatic heterocycles. The van der Waals surface area contributed by atoms with Gasteiger partial charge in [0.2, 0.25) is 0 Å². The predicted octanol–water partition coefficient (Wildman–Crippen LogP) is 12.9. The molecule has 0 unspecified atom stereocenters. The largest absolute Gasteiger partial charge is 0.455 e. The van der Waals surface area contributed by atoms with Crippen LogP contribution in [0.2, 0.25) is 0 Å². The van der Waals surface area contributed by atoms with Crippen LogP contribution in [0.4, 0.5) is 0 Å². The first kappa shape index (κ1) is 30.6. The van der Waals surface area contributed by atoms with Gasteiger partial charge in [-0.1, -0.05) is 158 Å². The maximum atomic E-state index is 6.55. The second-order valence-electron chi connectivity index (χ2n) is 13.2. The van der Waals surface area contributed by atoms with Crippen molar-refractivity contribution >= 4 is 32.7 Å². The molecule has 2 aromatic heterocycles. The topological polar surface area (TPSA) is 51.8 Å². The Morgan fingerprint density at radius 3 is 1.42 bits per heavy atom. The fourth-order valence-electron chi connectivity index (χ4n) is 7.29. The Balaban J connectivity index is 1.11. The summed E-state index contributed by atoms with van der Waals surface area (Å²) in [4.78, 5) is 14.8. The van der Waals surface area contributed by atoms with Crippen molar-refractivity contribution in [3.63, 3.8) is 0 Å². The number of para-hydroxylation sites is 1. The highest BCUT2D eigenvalue weighted by Gasteiger charge is 2.17. The summed E-state index contributed by atoms with van der Waals surface area (Å²) in [6, 6.07) is 65.3. The van der Waals surface area contributed by atoms with Gasteiger partial charge in [0.15, 0.2) is 17.5 Å². The third-order valence-electron chi connectivity index (χ3n) is 9.91. The molecule has 10 rings (SSSR count). The summed E-state index contributed by atoms with van der Waals surface area (Å²) in [6.45, 7) is 0. The van der Waals surface area contributed by atoms with Crippen LogP contribution in [0.1, 0.15) is 0 Å². The van der Waals surface area contributed by atoms with E-state index < -0.39 is 0 Å². The van der Waals surface area contributed by atoms with Gasteiger partial charge in [0.1, 0.15) is 11.2 Å². The van der Waals surface area contributed by atoms with Crippen molar-refractivity contribution in [1.82, 2.24) is 15.0 Å². The first-order valence-electron chi connectivity index (χ1n) is 17.8. The van der Waals surface area contributed by atoms with Crippen molar-refractivity contribution < 1.29 is 4.42 Å². The van der Waals surface area contributed by atoms with Gasteiger partial charge in [-0.3, -0.25) is 0 Å². The summed E-state index contributed by atoms with van der Waals surface area (Å²) < 4.78 is 6.55. The predicted molar refractivity (Wildman–Crippen MR) is 217 cm³/mol. The lowest BCUT2D eigenvalue weighted by molar-refractivity contribution is 0.672. The van der Waals surface area contributed by atoms with Crippen LogP contribution in [-0.2, 0) is 0 Å². The summed E-state index contributed by atoms with van der Waals surface area (Å²) in [7, 11) is 0. The Bertz CT molecular complexity index is 2880. The third-order valence-corrected chi connectivity index (χ3v) is 9.91. The fourth-order valence-corrected chi connectivity index (χ4v) is 7.29. The van der Waals surface area contributed by atoms with Gasteiger partial charge < -0.3 is 4.42 Å². The highest BCUT2D eigenvalue weighted by atomic mass is 16.3. The summed E-state index contributed by atoms with van der Waals surface area (Å²) in [5, 5.41) is 4.47. The molecule has 10 aromatic rings. The number of hydrogen-bond donors (Lipinski definition) is 0. The van der Waals surface area contributed by atoms with E-state index in [4.69, 9.17) is 19.4 Å². The molecule has 0 saturated heterocycles.